The van der Waals surface area contributed by atoms with Crippen LogP contribution in [-0.4, -0.2) is 194 Å². The molecule has 2 heterocycles. The zero-order chi connectivity index (χ0) is 77.0. The van der Waals surface area contributed by atoms with Crippen LogP contribution in [0.1, 0.15) is 155 Å². The molecule has 0 saturated carbocycles. The Kier molecular flexibility index (Phi) is 37.2. The quantitative estimate of drug-likeness (QED) is 0.0151. The molecule has 0 saturated heterocycles. The number of rotatable bonds is 49. The van der Waals surface area contributed by atoms with E-state index in [2.05, 4.69) is 58.5 Å². The van der Waals surface area contributed by atoms with Crippen molar-refractivity contribution in [1.82, 2.24) is 53.2 Å². The second-order valence-corrected chi connectivity index (χ2v) is 26.1. The molecule has 1 spiro atoms. The number of hydrogen-bond donors (Lipinski definition) is 22. The summed E-state index contributed by atoms with van der Waals surface area (Å²) in [7, 11) is 0. The highest BCUT2D eigenvalue weighted by Crippen LogP contribution is 2.57. The number of aromatic hydroxyl groups is 2. The van der Waals surface area contributed by atoms with Gasteiger partial charge < -0.3 is 119 Å². The Bertz CT molecular complexity index is 3390. The molecule has 31 N–H and O–H groups in total. The first kappa shape index (κ1) is 86.4. The van der Waals surface area contributed by atoms with E-state index < -0.39 is 126 Å². The van der Waals surface area contributed by atoms with Crippen LogP contribution in [0.3, 0.4) is 0 Å². The van der Waals surface area contributed by atoms with Gasteiger partial charge in [0.2, 0.25) is 59.1 Å². The van der Waals surface area contributed by atoms with E-state index in [1.807, 2.05) is 0 Å². The third-order valence-corrected chi connectivity index (χ3v) is 17.8. The van der Waals surface area contributed by atoms with Gasteiger partial charge in [0.15, 0.2) is 10.7 Å². The van der Waals surface area contributed by atoms with Gasteiger partial charge in [0, 0.05) is 47.5 Å². The maximum absolute atomic E-state index is 14.3. The molecule has 0 aromatic heterocycles. The topological polar surface area (TPSA) is 613 Å². The van der Waals surface area contributed by atoms with Gasteiger partial charge >= 0.3 is 5.97 Å². The molecule has 0 unspecified atom stereocenters. The summed E-state index contributed by atoms with van der Waals surface area (Å²) >= 11 is 5.54. The molecule has 35 nitrogen and oxygen atoms in total. The molecule has 0 fully saturated rings. The fourth-order valence-electron chi connectivity index (χ4n) is 11.9. The number of amides is 10. The Morgan fingerprint density at radius 1 is 0.429 bits per heavy atom. The fraction of sp³-hybridized carbons (Fsp3) is 0.565. The van der Waals surface area contributed by atoms with Gasteiger partial charge in [-0.05, 0) is 217 Å². The number of anilines is 1. The van der Waals surface area contributed by atoms with Crippen LogP contribution in [0.5, 0.6) is 23.0 Å². The minimum Gasteiger partial charge on any atom is -0.508 e. The smallest absolute Gasteiger partial charge is 0.340 e. The molecular weight excluding hydrogens is 1380 g/mol. The van der Waals surface area contributed by atoms with Crippen molar-refractivity contribution in [3.63, 3.8) is 0 Å². The van der Waals surface area contributed by atoms with E-state index in [0.717, 1.165) is 0 Å². The van der Waals surface area contributed by atoms with Gasteiger partial charge in [-0.3, -0.25) is 58.6 Å². The Balaban J connectivity index is 1.13. The van der Waals surface area contributed by atoms with Gasteiger partial charge in [0.1, 0.15) is 65.3 Å². The molecule has 0 radical (unpaired) electrons. The Morgan fingerprint density at radius 3 is 1.16 bits per heavy atom. The molecule has 2 aliphatic rings. The van der Waals surface area contributed by atoms with Crippen LogP contribution < -0.4 is 115 Å². The van der Waals surface area contributed by atoms with Crippen molar-refractivity contribution in [2.24, 2.45) is 51.6 Å². The SMILES string of the molecule is NCCC[C@H](NC(=O)[C@H](CCCN)NC(=O)[C@H](CCCN)NC(=O)[C@H](CCCN)NC(=O)[C@H](CCCN)NC(=O)[C@H](CCCN)NC(=O)[C@H](CCCN)NC(=O)[C@H](CCCN)NCC(=O)NC(=O)CCCCCNC(=S)Nc1ccc2c(c1)C(=O)OC21c2ccc(O)cc2Oc2cc(O)ccc21)C(N)=O. The Hall–Kier alpha value is -9.24. The van der Waals surface area contributed by atoms with Crippen molar-refractivity contribution in [2.45, 2.75) is 182 Å². The average Bonchev–Trinajstić information content (AvgIpc) is 1.60. The van der Waals surface area contributed by atoms with E-state index in [-0.39, 0.29) is 176 Å². The molecule has 8 atom stereocenters. The maximum atomic E-state index is 14.3. The zero-order valence-corrected chi connectivity index (χ0v) is 60.2. The van der Waals surface area contributed by atoms with Crippen LogP contribution >= 0.6 is 12.2 Å². The molecule has 0 bridgehead atoms. The van der Waals surface area contributed by atoms with Gasteiger partial charge in [-0.2, -0.15) is 0 Å². The number of nitrogens with one attached hydrogen (secondary N) is 11. The first-order valence-electron chi connectivity index (χ1n) is 35.8. The highest BCUT2D eigenvalue weighted by Gasteiger charge is 2.54. The lowest BCUT2D eigenvalue weighted by Gasteiger charge is -2.36. The number of thiocarbonyl (C=S) groups is 1. The second-order valence-electron chi connectivity index (χ2n) is 25.7. The molecule has 2 aliphatic heterocycles. The van der Waals surface area contributed by atoms with E-state index in [1.165, 1.54) is 24.3 Å². The molecule has 105 heavy (non-hydrogen) atoms. The number of imide groups is 1. The minimum absolute atomic E-state index is 0.00338. The van der Waals surface area contributed by atoms with Crippen LogP contribution in [0.25, 0.3) is 0 Å². The third kappa shape index (κ3) is 26.7. The predicted octanol–water partition coefficient (Wildman–Crippen LogP) is -3.10. The summed E-state index contributed by atoms with van der Waals surface area (Å²) in [6.07, 6.45) is 4.02. The van der Waals surface area contributed by atoms with Gasteiger partial charge in [-0.1, -0.05) is 12.5 Å². The average molecular weight is 1490 g/mol. The molecule has 5 rings (SSSR count). The lowest BCUT2D eigenvalue weighted by molar-refractivity contribution is -0.136. The lowest BCUT2D eigenvalue weighted by atomic mass is 9.77. The number of hydrogen-bond acceptors (Lipinski definition) is 25. The van der Waals surface area contributed by atoms with E-state index in [4.69, 9.17) is 73.3 Å². The number of benzene rings is 3. The van der Waals surface area contributed by atoms with E-state index >= 15 is 0 Å². The molecule has 0 aliphatic carbocycles. The molecule has 36 heteroatoms. The summed E-state index contributed by atoms with van der Waals surface area (Å²) < 4.78 is 12.2. The first-order valence-corrected chi connectivity index (χ1v) is 36.2. The number of unbranched alkanes of at least 4 members (excludes halogenated alkanes) is 2. The monoisotopic (exact) mass is 1490 g/mol. The van der Waals surface area contributed by atoms with E-state index in [1.54, 1.807) is 30.3 Å². The van der Waals surface area contributed by atoms with Gasteiger partial charge in [0.25, 0.3) is 0 Å². The largest absolute Gasteiger partial charge is 0.508 e. The number of esters is 1. The molecular formula is C69H108N20O15S. The number of nitrogens with two attached hydrogens (primary N) is 9. The van der Waals surface area contributed by atoms with Crippen LogP contribution in [-0.2, 0) is 58.3 Å². The maximum Gasteiger partial charge on any atom is 0.340 e. The van der Waals surface area contributed by atoms with Crippen molar-refractivity contribution >= 4 is 88.1 Å². The number of fused-ring (bicyclic) bond motifs is 6. The first-order chi connectivity index (χ1) is 50.4. The Morgan fingerprint density at radius 2 is 0.781 bits per heavy atom. The van der Waals surface area contributed by atoms with E-state index in [9.17, 15) is 63.0 Å². The number of phenols is 2. The highest BCUT2D eigenvalue weighted by atomic mass is 32.1. The minimum atomic E-state index is -1.43. The van der Waals surface area contributed by atoms with Crippen molar-refractivity contribution in [2.75, 3.05) is 70.8 Å². The van der Waals surface area contributed by atoms with Gasteiger partial charge in [-0.25, -0.2) is 4.79 Å². The summed E-state index contributed by atoms with van der Waals surface area (Å²) in [6.45, 7) is 1.03. The number of phenolic OH excluding ortho intramolecular Hbond substituents is 2. The zero-order valence-electron chi connectivity index (χ0n) is 59.3. The van der Waals surface area contributed by atoms with Crippen molar-refractivity contribution in [1.29, 1.82) is 0 Å². The number of carbonyl (C=O) groups excluding carboxylic acids is 11. The van der Waals surface area contributed by atoms with Crippen LogP contribution in [0, 0.1) is 0 Å². The van der Waals surface area contributed by atoms with E-state index in [0.29, 0.717) is 67.4 Å². The predicted molar refractivity (Wildman–Crippen MR) is 395 cm³/mol. The van der Waals surface area contributed by atoms with Crippen molar-refractivity contribution in [3.8, 4) is 23.0 Å². The normalized spacial score (nSPS) is 14.6. The number of carbonyl (C=O) groups is 11. The summed E-state index contributed by atoms with van der Waals surface area (Å²) in [5.74, 6) is -7.72. The Labute approximate surface area is 615 Å². The molecule has 10 amide bonds. The number of ether oxygens (including phenoxy) is 2. The van der Waals surface area contributed by atoms with Crippen LogP contribution in [0.2, 0.25) is 0 Å². The molecule has 3 aromatic rings. The summed E-state index contributed by atoms with van der Waals surface area (Å²) in [5, 5.41) is 50.8. The standard InChI is InChI=1S/C69H108N20O15S/c70-27-4-12-47(59(78)94)82-61(96)49(14-6-29-72)84-63(98)51(16-8-31-74)86-65(100)53(18-10-33-76)88-66(101)54(19-11-34-77)87-64(99)52(17-9-32-75)85-62(97)50(15-7-30-73)83-60(95)48(13-5-28-71)80-39-58(93)89-57(92)20-2-1-3-35-79-68(105)81-40-21-24-44-43(36-40)67(102)104-69(44)45-25-22-41(90)37-55(45)103-56-38-42(91)23-26-46(56)69/h21-26,36-38,47-54,80,90-91H,1-20,27-35,39,70-77H2,(H2,78,94)(H,82,96)(H,83,95)(H,84,98)(H,85,97)(H,86,100)(H,87,99)(H,88,101)(H2,79,81,105)(H,89,92,93)/t47-,48-,49-,50-,51-,52-,53-,54-/m0/s1. The lowest BCUT2D eigenvalue weighted by Crippen LogP contribution is -2.60. The van der Waals surface area contributed by atoms with Gasteiger partial charge in [0.05, 0.1) is 18.2 Å². The second kappa shape index (κ2) is 45.2. The third-order valence-electron chi connectivity index (χ3n) is 17.5. The van der Waals surface area contributed by atoms with Crippen LogP contribution in [0.15, 0.2) is 54.6 Å². The van der Waals surface area contributed by atoms with Gasteiger partial charge in [-0.15, -0.1) is 0 Å². The summed E-state index contributed by atoms with van der Waals surface area (Å²) in [5.41, 5.74) is 52.8. The number of primary amides is 1. The fourth-order valence-corrected chi connectivity index (χ4v) is 12.2. The van der Waals surface area contributed by atoms with Crippen molar-refractivity contribution < 1.29 is 72.4 Å². The van der Waals surface area contributed by atoms with Crippen LogP contribution in [0.4, 0.5) is 5.69 Å². The molecule has 580 valence electrons. The summed E-state index contributed by atoms with van der Waals surface area (Å²) in [4.78, 5) is 150. The van der Waals surface area contributed by atoms with Crippen molar-refractivity contribution in [3.05, 3.63) is 76.9 Å². The highest BCUT2D eigenvalue weighted by molar-refractivity contribution is 7.80. The summed E-state index contributed by atoms with van der Waals surface area (Å²) in [6, 6.07) is 4.19. The molecule has 3 aromatic carbocycles.